The lowest BCUT2D eigenvalue weighted by Gasteiger charge is -2.44. The summed E-state index contributed by atoms with van der Waals surface area (Å²) in [6.45, 7) is 12.7. The predicted molar refractivity (Wildman–Crippen MR) is 89.4 cm³/mol. The molecular weight excluding hydrogens is 258 g/mol. The molecule has 0 aliphatic heterocycles. The molecule has 3 atom stereocenters. The van der Waals surface area contributed by atoms with E-state index >= 15 is 0 Å². The average molecular weight is 291 g/mol. The van der Waals surface area contributed by atoms with Crippen molar-refractivity contribution >= 4 is 0 Å². The largest absolute Gasteiger partial charge is 0.314 e. The highest BCUT2D eigenvalue weighted by atomic mass is 15.3. The molecule has 1 N–H and O–H groups in total. The molecule has 21 heavy (non-hydrogen) atoms. The van der Waals surface area contributed by atoms with E-state index in [-0.39, 0.29) is 0 Å². The zero-order valence-corrected chi connectivity index (χ0v) is 14.7. The highest BCUT2D eigenvalue weighted by Crippen LogP contribution is 2.42. The van der Waals surface area contributed by atoms with Crippen molar-refractivity contribution in [1.29, 1.82) is 0 Å². The Balaban J connectivity index is 2.14. The second kappa shape index (κ2) is 6.51. The van der Waals surface area contributed by atoms with Gasteiger partial charge in [0.1, 0.15) is 0 Å². The standard InChI is InChI=1S/C18H33N3/c1-7-19-17-10-13(2)8-9-16(17)18(4,5)12-15-11-14(3)20-21(15)6/h11,13,16-17,19H,7-10,12H2,1-6H3. The van der Waals surface area contributed by atoms with Crippen molar-refractivity contribution in [2.24, 2.45) is 24.3 Å². The molecule has 3 unspecified atom stereocenters. The van der Waals surface area contributed by atoms with Crippen molar-refractivity contribution in [3.05, 3.63) is 17.5 Å². The lowest BCUT2D eigenvalue weighted by atomic mass is 9.64. The van der Waals surface area contributed by atoms with Gasteiger partial charge in [0.05, 0.1) is 5.69 Å². The maximum atomic E-state index is 4.51. The lowest BCUT2D eigenvalue weighted by molar-refractivity contribution is 0.0934. The van der Waals surface area contributed by atoms with Crippen molar-refractivity contribution in [2.75, 3.05) is 6.54 Å². The van der Waals surface area contributed by atoms with E-state index < -0.39 is 0 Å². The third-order valence-corrected chi connectivity index (χ3v) is 5.32. The zero-order chi connectivity index (χ0) is 15.6. The quantitative estimate of drug-likeness (QED) is 0.896. The van der Waals surface area contributed by atoms with Gasteiger partial charge in [-0.25, -0.2) is 0 Å². The van der Waals surface area contributed by atoms with Crippen LogP contribution in [0.25, 0.3) is 0 Å². The van der Waals surface area contributed by atoms with Crippen LogP contribution in [-0.4, -0.2) is 22.4 Å². The molecule has 0 bridgehead atoms. The number of hydrogen-bond donors (Lipinski definition) is 1. The Bertz CT molecular complexity index is 461. The summed E-state index contributed by atoms with van der Waals surface area (Å²) in [5.41, 5.74) is 2.81. The molecule has 0 saturated heterocycles. The molecule has 120 valence electrons. The monoisotopic (exact) mass is 291 g/mol. The molecule has 3 heteroatoms. The number of aryl methyl sites for hydroxylation is 2. The van der Waals surface area contributed by atoms with E-state index in [0.29, 0.717) is 11.5 Å². The van der Waals surface area contributed by atoms with Crippen LogP contribution in [0.2, 0.25) is 0 Å². The van der Waals surface area contributed by atoms with Crippen molar-refractivity contribution in [3.63, 3.8) is 0 Å². The Kier molecular flexibility index (Phi) is 5.13. The fraction of sp³-hybridized carbons (Fsp3) is 0.833. The van der Waals surface area contributed by atoms with E-state index in [2.05, 4.69) is 62.8 Å². The van der Waals surface area contributed by atoms with Crippen molar-refractivity contribution in [1.82, 2.24) is 15.1 Å². The van der Waals surface area contributed by atoms with Crippen LogP contribution in [0.1, 0.15) is 58.3 Å². The van der Waals surface area contributed by atoms with Gasteiger partial charge < -0.3 is 5.32 Å². The van der Waals surface area contributed by atoms with Gasteiger partial charge >= 0.3 is 0 Å². The molecule has 0 radical (unpaired) electrons. The number of aromatic nitrogens is 2. The Morgan fingerprint density at radius 3 is 2.67 bits per heavy atom. The molecule has 0 amide bonds. The molecular formula is C18H33N3. The topological polar surface area (TPSA) is 29.9 Å². The Morgan fingerprint density at radius 1 is 1.38 bits per heavy atom. The van der Waals surface area contributed by atoms with E-state index in [1.165, 1.54) is 25.0 Å². The molecule has 3 nitrogen and oxygen atoms in total. The third kappa shape index (κ3) is 3.88. The fourth-order valence-corrected chi connectivity index (χ4v) is 4.23. The summed E-state index contributed by atoms with van der Waals surface area (Å²) in [7, 11) is 2.07. The van der Waals surface area contributed by atoms with Crippen molar-refractivity contribution in [3.8, 4) is 0 Å². The first kappa shape index (κ1) is 16.5. The second-order valence-electron chi connectivity index (χ2n) is 7.75. The van der Waals surface area contributed by atoms with E-state index in [1.807, 2.05) is 0 Å². The smallest absolute Gasteiger partial charge is 0.0596 e. The first-order valence-corrected chi connectivity index (χ1v) is 8.56. The van der Waals surface area contributed by atoms with Gasteiger partial charge in [0.25, 0.3) is 0 Å². The first-order chi connectivity index (χ1) is 9.83. The van der Waals surface area contributed by atoms with Gasteiger partial charge in [-0.1, -0.05) is 34.1 Å². The van der Waals surface area contributed by atoms with Crippen LogP contribution < -0.4 is 5.32 Å². The van der Waals surface area contributed by atoms with Crippen LogP contribution in [0.5, 0.6) is 0 Å². The number of nitrogens with one attached hydrogen (secondary N) is 1. The average Bonchev–Trinajstić information content (AvgIpc) is 2.67. The number of rotatable bonds is 5. The summed E-state index contributed by atoms with van der Waals surface area (Å²) in [4.78, 5) is 0. The van der Waals surface area contributed by atoms with Crippen LogP contribution >= 0.6 is 0 Å². The van der Waals surface area contributed by atoms with Crippen molar-refractivity contribution in [2.45, 2.75) is 66.3 Å². The minimum atomic E-state index is 0.313. The molecule has 1 aliphatic carbocycles. The molecule has 1 aliphatic rings. The summed E-state index contributed by atoms with van der Waals surface area (Å²) in [6, 6.07) is 2.92. The van der Waals surface area contributed by atoms with Gasteiger partial charge in [0.15, 0.2) is 0 Å². The van der Waals surface area contributed by atoms with Gasteiger partial charge in [-0.15, -0.1) is 0 Å². The first-order valence-electron chi connectivity index (χ1n) is 8.56. The molecule has 1 saturated carbocycles. The van der Waals surface area contributed by atoms with Gasteiger partial charge in [0, 0.05) is 18.8 Å². The normalized spacial score (nSPS) is 27.0. The van der Waals surface area contributed by atoms with Crippen LogP contribution in [0, 0.1) is 24.2 Å². The molecule has 1 fully saturated rings. The van der Waals surface area contributed by atoms with E-state index in [0.717, 1.165) is 30.5 Å². The summed E-state index contributed by atoms with van der Waals surface area (Å²) in [5.74, 6) is 1.61. The van der Waals surface area contributed by atoms with Crippen LogP contribution in [0.3, 0.4) is 0 Å². The third-order valence-electron chi connectivity index (χ3n) is 5.32. The fourth-order valence-electron chi connectivity index (χ4n) is 4.23. The summed E-state index contributed by atoms with van der Waals surface area (Å²) in [6.07, 6.45) is 5.17. The Morgan fingerprint density at radius 2 is 2.10 bits per heavy atom. The summed E-state index contributed by atoms with van der Waals surface area (Å²) < 4.78 is 2.06. The molecule has 0 aromatic carbocycles. The summed E-state index contributed by atoms with van der Waals surface area (Å²) >= 11 is 0. The van der Waals surface area contributed by atoms with Crippen LogP contribution in [0.4, 0.5) is 0 Å². The van der Waals surface area contributed by atoms with E-state index in [1.54, 1.807) is 0 Å². The molecule has 1 heterocycles. The van der Waals surface area contributed by atoms with Gasteiger partial charge in [-0.3, -0.25) is 4.68 Å². The van der Waals surface area contributed by atoms with Crippen LogP contribution in [0.15, 0.2) is 6.07 Å². The maximum absolute atomic E-state index is 4.51. The molecule has 2 rings (SSSR count). The maximum Gasteiger partial charge on any atom is 0.0596 e. The van der Waals surface area contributed by atoms with Crippen molar-refractivity contribution < 1.29 is 0 Å². The van der Waals surface area contributed by atoms with Gasteiger partial charge in [-0.2, -0.15) is 5.10 Å². The second-order valence-corrected chi connectivity index (χ2v) is 7.75. The zero-order valence-electron chi connectivity index (χ0n) is 14.7. The van der Waals surface area contributed by atoms with E-state index in [9.17, 15) is 0 Å². The summed E-state index contributed by atoms with van der Waals surface area (Å²) in [5, 5.41) is 8.26. The molecule has 0 spiro atoms. The minimum absolute atomic E-state index is 0.313. The highest BCUT2D eigenvalue weighted by Gasteiger charge is 2.39. The molecule has 1 aromatic rings. The SMILES string of the molecule is CCNC1CC(C)CCC1C(C)(C)Cc1cc(C)nn1C. The van der Waals surface area contributed by atoms with Crippen LogP contribution in [-0.2, 0) is 13.5 Å². The van der Waals surface area contributed by atoms with E-state index in [4.69, 9.17) is 0 Å². The predicted octanol–water partition coefficient (Wildman–Crippen LogP) is 3.71. The molecule has 1 aromatic heterocycles. The van der Waals surface area contributed by atoms with Gasteiger partial charge in [0.2, 0.25) is 0 Å². The number of hydrogen-bond acceptors (Lipinski definition) is 2. The Hall–Kier alpha value is -0.830. The highest BCUT2D eigenvalue weighted by molar-refractivity contribution is 5.11. The van der Waals surface area contributed by atoms with Gasteiger partial charge in [-0.05, 0) is 56.0 Å². The Labute approximate surface area is 130 Å². The minimum Gasteiger partial charge on any atom is -0.314 e. The lowest BCUT2D eigenvalue weighted by Crippen LogP contribution is -2.47. The number of nitrogens with zero attached hydrogens (tertiary/aromatic N) is 2.